The lowest BCUT2D eigenvalue weighted by Gasteiger charge is -2.00. The van der Waals surface area contributed by atoms with Crippen molar-refractivity contribution in [2.24, 2.45) is 0 Å². The summed E-state index contributed by atoms with van der Waals surface area (Å²) >= 11 is 0. The van der Waals surface area contributed by atoms with Crippen LogP contribution in [0.1, 0.15) is 21.7 Å². The summed E-state index contributed by atoms with van der Waals surface area (Å²) in [5, 5.41) is 4.37. The molecular formula is C15H13N3O2. The van der Waals surface area contributed by atoms with E-state index in [0.29, 0.717) is 23.5 Å². The molecule has 3 rings (SSSR count). The van der Waals surface area contributed by atoms with Crippen molar-refractivity contribution in [2.45, 2.75) is 6.42 Å². The molecular weight excluding hydrogens is 254 g/mol. The van der Waals surface area contributed by atoms with Crippen molar-refractivity contribution in [1.29, 1.82) is 0 Å². The van der Waals surface area contributed by atoms with Crippen LogP contribution >= 0.6 is 0 Å². The van der Waals surface area contributed by atoms with Gasteiger partial charge in [0.15, 0.2) is 17.8 Å². The molecule has 0 atom stereocenters. The standard InChI is InChI=1S/C15H13N3O2/c1-20-13-6-4-11(5-7-13)9-14-16-15-12(10-19)3-2-8-18(15)17-14/h2-8,10H,9H2,1H3. The molecule has 1 aromatic carbocycles. The molecule has 2 heterocycles. The first-order valence-electron chi connectivity index (χ1n) is 6.22. The second-order valence-corrected chi connectivity index (χ2v) is 4.40. The highest BCUT2D eigenvalue weighted by molar-refractivity contribution is 5.83. The second-order valence-electron chi connectivity index (χ2n) is 4.40. The fraction of sp³-hybridized carbons (Fsp3) is 0.133. The zero-order valence-corrected chi connectivity index (χ0v) is 11.0. The van der Waals surface area contributed by atoms with E-state index in [1.807, 2.05) is 24.3 Å². The molecule has 0 unspecified atom stereocenters. The van der Waals surface area contributed by atoms with E-state index in [0.717, 1.165) is 17.6 Å². The average molecular weight is 267 g/mol. The van der Waals surface area contributed by atoms with Crippen LogP contribution in [0.5, 0.6) is 5.75 Å². The highest BCUT2D eigenvalue weighted by Gasteiger charge is 2.08. The topological polar surface area (TPSA) is 56.5 Å². The number of methoxy groups -OCH3 is 1. The van der Waals surface area contributed by atoms with Gasteiger partial charge in [-0.3, -0.25) is 4.79 Å². The number of fused-ring (bicyclic) bond motifs is 1. The molecule has 100 valence electrons. The van der Waals surface area contributed by atoms with Crippen LogP contribution < -0.4 is 4.74 Å². The van der Waals surface area contributed by atoms with Crippen LogP contribution in [0.4, 0.5) is 0 Å². The van der Waals surface area contributed by atoms with Crippen molar-refractivity contribution in [1.82, 2.24) is 14.6 Å². The van der Waals surface area contributed by atoms with E-state index in [2.05, 4.69) is 10.1 Å². The third-order valence-electron chi connectivity index (χ3n) is 3.08. The molecule has 0 radical (unpaired) electrons. The van der Waals surface area contributed by atoms with Gasteiger partial charge >= 0.3 is 0 Å². The fourth-order valence-electron chi connectivity index (χ4n) is 2.06. The van der Waals surface area contributed by atoms with Gasteiger partial charge in [0.05, 0.1) is 12.7 Å². The number of benzene rings is 1. The van der Waals surface area contributed by atoms with Gasteiger partial charge in [0, 0.05) is 12.6 Å². The van der Waals surface area contributed by atoms with Crippen LogP contribution in [-0.4, -0.2) is 28.0 Å². The van der Waals surface area contributed by atoms with Crippen LogP contribution in [0.25, 0.3) is 5.65 Å². The van der Waals surface area contributed by atoms with E-state index >= 15 is 0 Å². The zero-order chi connectivity index (χ0) is 13.9. The van der Waals surface area contributed by atoms with Crippen molar-refractivity contribution < 1.29 is 9.53 Å². The molecule has 0 saturated carbocycles. The number of carbonyl (C=O) groups is 1. The third kappa shape index (κ3) is 2.25. The molecule has 0 aliphatic rings. The van der Waals surface area contributed by atoms with E-state index in [1.165, 1.54) is 0 Å². The van der Waals surface area contributed by atoms with E-state index in [9.17, 15) is 4.79 Å². The number of hydrogen-bond acceptors (Lipinski definition) is 4. The van der Waals surface area contributed by atoms with Crippen LogP contribution in [0.15, 0.2) is 42.6 Å². The minimum Gasteiger partial charge on any atom is -0.497 e. The van der Waals surface area contributed by atoms with E-state index in [4.69, 9.17) is 4.74 Å². The first kappa shape index (κ1) is 12.3. The summed E-state index contributed by atoms with van der Waals surface area (Å²) in [6.07, 6.45) is 3.19. The molecule has 0 amide bonds. The number of aromatic nitrogens is 3. The highest BCUT2D eigenvalue weighted by atomic mass is 16.5. The molecule has 5 heteroatoms. The van der Waals surface area contributed by atoms with Gasteiger partial charge in [0.1, 0.15) is 5.75 Å². The Balaban J connectivity index is 1.92. The second kappa shape index (κ2) is 5.13. The lowest BCUT2D eigenvalue weighted by Crippen LogP contribution is -1.92. The predicted molar refractivity (Wildman–Crippen MR) is 74.2 cm³/mol. The summed E-state index contributed by atoms with van der Waals surface area (Å²) in [7, 11) is 1.64. The van der Waals surface area contributed by atoms with E-state index in [1.54, 1.807) is 30.0 Å². The highest BCUT2D eigenvalue weighted by Crippen LogP contribution is 2.14. The van der Waals surface area contributed by atoms with Gasteiger partial charge in [0.25, 0.3) is 0 Å². The Hall–Kier alpha value is -2.69. The molecule has 0 aliphatic heterocycles. The molecule has 0 N–H and O–H groups in total. The minimum absolute atomic E-state index is 0.543. The Morgan fingerprint density at radius 1 is 1.25 bits per heavy atom. The van der Waals surface area contributed by atoms with Crippen LogP contribution in [0.3, 0.4) is 0 Å². The number of aldehydes is 1. The Morgan fingerprint density at radius 3 is 2.75 bits per heavy atom. The van der Waals surface area contributed by atoms with Crippen molar-refractivity contribution in [2.75, 3.05) is 7.11 Å². The minimum atomic E-state index is 0.543. The Morgan fingerprint density at radius 2 is 2.05 bits per heavy atom. The molecule has 2 aromatic heterocycles. The van der Waals surface area contributed by atoms with Crippen LogP contribution in [-0.2, 0) is 6.42 Å². The quantitative estimate of drug-likeness (QED) is 0.680. The lowest BCUT2D eigenvalue weighted by molar-refractivity contribution is 0.112. The summed E-state index contributed by atoms with van der Waals surface area (Å²) in [6.45, 7) is 0. The van der Waals surface area contributed by atoms with Gasteiger partial charge < -0.3 is 4.74 Å². The SMILES string of the molecule is COc1ccc(Cc2nc3c(C=O)cccn3n2)cc1. The maximum Gasteiger partial charge on any atom is 0.166 e. The summed E-state index contributed by atoms with van der Waals surface area (Å²) in [5.74, 6) is 1.50. The lowest BCUT2D eigenvalue weighted by atomic mass is 10.1. The van der Waals surface area contributed by atoms with Crippen LogP contribution in [0.2, 0.25) is 0 Å². The van der Waals surface area contributed by atoms with Gasteiger partial charge in [-0.2, -0.15) is 5.10 Å². The third-order valence-corrected chi connectivity index (χ3v) is 3.08. The number of hydrogen-bond donors (Lipinski definition) is 0. The number of pyridine rings is 1. The van der Waals surface area contributed by atoms with E-state index in [-0.39, 0.29) is 0 Å². The summed E-state index contributed by atoms with van der Waals surface area (Å²) < 4.78 is 6.75. The molecule has 3 aromatic rings. The first-order chi connectivity index (χ1) is 9.80. The summed E-state index contributed by atoms with van der Waals surface area (Å²) in [4.78, 5) is 15.4. The largest absolute Gasteiger partial charge is 0.497 e. The van der Waals surface area contributed by atoms with Gasteiger partial charge in [-0.15, -0.1) is 0 Å². The molecule has 0 bridgehead atoms. The number of ether oxygens (including phenoxy) is 1. The Kier molecular flexibility index (Phi) is 3.16. The van der Waals surface area contributed by atoms with Crippen molar-refractivity contribution in [3.8, 4) is 5.75 Å². The Bertz CT molecular complexity index is 747. The fourth-order valence-corrected chi connectivity index (χ4v) is 2.06. The van der Waals surface area contributed by atoms with Crippen molar-refractivity contribution in [3.05, 3.63) is 59.5 Å². The zero-order valence-electron chi connectivity index (χ0n) is 11.0. The normalized spacial score (nSPS) is 10.7. The molecule has 0 fully saturated rings. The number of carbonyl (C=O) groups excluding carboxylic acids is 1. The molecule has 20 heavy (non-hydrogen) atoms. The van der Waals surface area contributed by atoms with E-state index < -0.39 is 0 Å². The predicted octanol–water partition coefficient (Wildman–Crippen LogP) is 2.14. The maximum absolute atomic E-state index is 11.0. The van der Waals surface area contributed by atoms with Crippen LogP contribution in [0, 0.1) is 0 Å². The smallest absolute Gasteiger partial charge is 0.166 e. The summed E-state index contributed by atoms with van der Waals surface area (Å²) in [5.41, 5.74) is 2.22. The monoisotopic (exact) mass is 267 g/mol. The van der Waals surface area contributed by atoms with Gasteiger partial charge in [-0.05, 0) is 29.8 Å². The molecule has 5 nitrogen and oxygen atoms in total. The van der Waals surface area contributed by atoms with Gasteiger partial charge in [0.2, 0.25) is 0 Å². The summed E-state index contributed by atoms with van der Waals surface area (Å²) in [6, 6.07) is 11.3. The molecule has 0 saturated heterocycles. The number of nitrogens with zero attached hydrogens (tertiary/aromatic N) is 3. The van der Waals surface area contributed by atoms with Gasteiger partial charge in [-0.1, -0.05) is 12.1 Å². The van der Waals surface area contributed by atoms with Gasteiger partial charge in [-0.25, -0.2) is 9.50 Å². The van der Waals surface area contributed by atoms with Crippen molar-refractivity contribution >= 4 is 11.9 Å². The number of rotatable bonds is 4. The average Bonchev–Trinajstić information content (AvgIpc) is 2.90. The Labute approximate surface area is 115 Å². The molecule has 0 aliphatic carbocycles. The maximum atomic E-state index is 11.0. The first-order valence-corrected chi connectivity index (χ1v) is 6.22. The van der Waals surface area contributed by atoms with Crippen molar-refractivity contribution in [3.63, 3.8) is 0 Å². The molecule has 0 spiro atoms.